The van der Waals surface area contributed by atoms with Gasteiger partial charge in [0.2, 0.25) is 0 Å². The van der Waals surface area contributed by atoms with Crippen LogP contribution in [0.5, 0.6) is 5.75 Å². The van der Waals surface area contributed by atoms with E-state index in [1.165, 1.54) is 32.4 Å². The third kappa shape index (κ3) is 4.94. The van der Waals surface area contributed by atoms with Gasteiger partial charge in [0.15, 0.2) is 0 Å². The van der Waals surface area contributed by atoms with Crippen LogP contribution < -0.4 is 14.8 Å². The second-order valence-electron chi connectivity index (χ2n) is 5.08. The molecule has 0 unspecified atom stereocenters. The van der Waals surface area contributed by atoms with Crippen LogP contribution >= 0.6 is 0 Å². The first kappa shape index (κ1) is 18.8. The highest BCUT2D eigenvalue weighted by Gasteiger charge is 2.18. The number of methoxy groups -OCH3 is 2. The molecule has 0 saturated carbocycles. The molecule has 0 radical (unpaired) electrons. The minimum atomic E-state index is -3.83. The van der Waals surface area contributed by atoms with Crippen molar-refractivity contribution in [2.24, 2.45) is 0 Å². The standard InChI is InChI=1S/C17H20N2O5S/c1-23-12-11-18-17(20)15-5-3-4-6-16(15)19-25(21,22)14-9-7-13(24-2)8-10-14/h3-10,19H,11-12H2,1-2H3,(H,18,20). The Bertz CT molecular complexity index is 819. The normalized spacial score (nSPS) is 11.0. The van der Waals surface area contributed by atoms with Gasteiger partial charge in [-0.1, -0.05) is 12.1 Å². The maximum atomic E-state index is 12.5. The summed E-state index contributed by atoms with van der Waals surface area (Å²) in [6, 6.07) is 12.4. The molecular weight excluding hydrogens is 344 g/mol. The molecule has 0 saturated heterocycles. The molecule has 0 aliphatic heterocycles. The number of ether oxygens (including phenoxy) is 2. The van der Waals surface area contributed by atoms with Gasteiger partial charge >= 0.3 is 0 Å². The van der Waals surface area contributed by atoms with Crippen molar-refractivity contribution in [2.75, 3.05) is 32.1 Å². The molecule has 134 valence electrons. The summed E-state index contributed by atoms with van der Waals surface area (Å²) < 4.78 is 37.4. The molecule has 2 rings (SSSR count). The fraction of sp³-hybridized carbons (Fsp3) is 0.235. The number of amides is 1. The minimum absolute atomic E-state index is 0.0721. The van der Waals surface area contributed by atoms with Crippen LogP contribution in [-0.2, 0) is 14.8 Å². The smallest absolute Gasteiger partial charge is 0.261 e. The van der Waals surface area contributed by atoms with E-state index in [9.17, 15) is 13.2 Å². The van der Waals surface area contributed by atoms with E-state index in [0.717, 1.165) is 0 Å². The molecule has 0 aliphatic rings. The van der Waals surface area contributed by atoms with Crippen molar-refractivity contribution in [1.29, 1.82) is 0 Å². The van der Waals surface area contributed by atoms with Gasteiger partial charge in [0.05, 0.1) is 29.9 Å². The molecular formula is C17H20N2O5S. The zero-order valence-electron chi connectivity index (χ0n) is 14.0. The number of hydrogen-bond donors (Lipinski definition) is 2. The van der Waals surface area contributed by atoms with E-state index in [4.69, 9.17) is 9.47 Å². The predicted octanol–water partition coefficient (Wildman–Crippen LogP) is 1.87. The van der Waals surface area contributed by atoms with Crippen LogP contribution in [0.25, 0.3) is 0 Å². The average molecular weight is 364 g/mol. The Labute approximate surface area is 147 Å². The lowest BCUT2D eigenvalue weighted by Gasteiger charge is -2.13. The first-order valence-corrected chi connectivity index (χ1v) is 8.99. The van der Waals surface area contributed by atoms with Crippen LogP contribution in [0.2, 0.25) is 0 Å². The topological polar surface area (TPSA) is 93.7 Å². The van der Waals surface area contributed by atoms with Crippen LogP contribution in [0.4, 0.5) is 5.69 Å². The van der Waals surface area contributed by atoms with Crippen molar-refractivity contribution in [3.63, 3.8) is 0 Å². The third-order valence-electron chi connectivity index (χ3n) is 3.38. The molecule has 0 bridgehead atoms. The largest absolute Gasteiger partial charge is 0.497 e. The van der Waals surface area contributed by atoms with E-state index < -0.39 is 10.0 Å². The molecule has 0 fully saturated rings. The molecule has 25 heavy (non-hydrogen) atoms. The number of carbonyl (C=O) groups excluding carboxylic acids is 1. The van der Waals surface area contributed by atoms with Crippen molar-refractivity contribution in [1.82, 2.24) is 5.32 Å². The monoisotopic (exact) mass is 364 g/mol. The second kappa shape index (κ2) is 8.50. The molecule has 8 heteroatoms. The van der Waals surface area contributed by atoms with Gasteiger partial charge in [-0.05, 0) is 36.4 Å². The number of anilines is 1. The summed E-state index contributed by atoms with van der Waals surface area (Å²) in [4.78, 5) is 12.3. The molecule has 0 atom stereocenters. The fourth-order valence-corrected chi connectivity index (χ4v) is 3.17. The van der Waals surface area contributed by atoms with E-state index >= 15 is 0 Å². The van der Waals surface area contributed by atoms with Gasteiger partial charge in [0, 0.05) is 13.7 Å². The maximum Gasteiger partial charge on any atom is 0.261 e. The van der Waals surface area contributed by atoms with E-state index in [0.29, 0.717) is 18.9 Å². The van der Waals surface area contributed by atoms with Gasteiger partial charge in [-0.3, -0.25) is 9.52 Å². The molecule has 0 spiro atoms. The lowest BCUT2D eigenvalue weighted by molar-refractivity contribution is 0.0938. The summed E-state index contributed by atoms with van der Waals surface area (Å²) in [5.41, 5.74) is 0.434. The Hall–Kier alpha value is -2.58. The fourth-order valence-electron chi connectivity index (χ4n) is 2.09. The molecule has 0 aliphatic carbocycles. The number of hydrogen-bond acceptors (Lipinski definition) is 5. The molecule has 7 nitrogen and oxygen atoms in total. The van der Waals surface area contributed by atoms with Crippen LogP contribution in [0, 0.1) is 0 Å². The Morgan fingerprint density at radius 2 is 1.72 bits per heavy atom. The maximum absolute atomic E-state index is 12.5. The Morgan fingerprint density at radius 1 is 1.04 bits per heavy atom. The number of benzene rings is 2. The zero-order chi connectivity index (χ0) is 18.3. The lowest BCUT2D eigenvalue weighted by Crippen LogP contribution is -2.28. The number of rotatable bonds is 8. The SMILES string of the molecule is COCCNC(=O)c1ccccc1NS(=O)(=O)c1ccc(OC)cc1. The molecule has 2 aromatic carbocycles. The van der Waals surface area contributed by atoms with Crippen molar-refractivity contribution >= 4 is 21.6 Å². The van der Waals surface area contributed by atoms with Crippen molar-refractivity contribution in [2.45, 2.75) is 4.90 Å². The summed E-state index contributed by atoms with van der Waals surface area (Å²) in [6.45, 7) is 0.695. The zero-order valence-corrected chi connectivity index (χ0v) is 14.8. The van der Waals surface area contributed by atoms with E-state index in [-0.39, 0.29) is 22.1 Å². The minimum Gasteiger partial charge on any atom is -0.497 e. The second-order valence-corrected chi connectivity index (χ2v) is 6.76. The first-order valence-electron chi connectivity index (χ1n) is 7.51. The molecule has 0 aromatic heterocycles. The van der Waals surface area contributed by atoms with Crippen molar-refractivity contribution < 1.29 is 22.7 Å². The Kier molecular flexibility index (Phi) is 6.37. The highest BCUT2D eigenvalue weighted by atomic mass is 32.2. The van der Waals surface area contributed by atoms with Crippen molar-refractivity contribution in [3.8, 4) is 5.75 Å². The average Bonchev–Trinajstić information content (AvgIpc) is 2.62. The Balaban J connectivity index is 2.22. The van der Waals surface area contributed by atoms with Crippen LogP contribution in [-0.4, -0.2) is 41.7 Å². The van der Waals surface area contributed by atoms with Gasteiger partial charge in [-0.2, -0.15) is 0 Å². The molecule has 0 heterocycles. The highest BCUT2D eigenvalue weighted by Crippen LogP contribution is 2.21. The predicted molar refractivity (Wildman–Crippen MR) is 94.5 cm³/mol. The van der Waals surface area contributed by atoms with E-state index in [1.807, 2.05) is 0 Å². The van der Waals surface area contributed by atoms with Crippen LogP contribution in [0.3, 0.4) is 0 Å². The van der Waals surface area contributed by atoms with Gasteiger partial charge in [-0.15, -0.1) is 0 Å². The van der Waals surface area contributed by atoms with Crippen LogP contribution in [0.1, 0.15) is 10.4 Å². The van der Waals surface area contributed by atoms with Gasteiger partial charge in [0.25, 0.3) is 15.9 Å². The molecule has 2 N–H and O–H groups in total. The summed E-state index contributed by atoms with van der Waals surface area (Å²) in [5.74, 6) is 0.168. The molecule has 2 aromatic rings. The number of nitrogens with one attached hydrogen (secondary N) is 2. The molecule has 1 amide bonds. The summed E-state index contributed by atoms with van der Waals surface area (Å²) >= 11 is 0. The summed E-state index contributed by atoms with van der Waals surface area (Å²) in [6.07, 6.45) is 0. The highest BCUT2D eigenvalue weighted by molar-refractivity contribution is 7.92. The van der Waals surface area contributed by atoms with Crippen molar-refractivity contribution in [3.05, 3.63) is 54.1 Å². The van der Waals surface area contributed by atoms with Crippen LogP contribution in [0.15, 0.2) is 53.4 Å². The Morgan fingerprint density at radius 3 is 2.36 bits per heavy atom. The number of para-hydroxylation sites is 1. The van der Waals surface area contributed by atoms with Gasteiger partial charge in [0.1, 0.15) is 5.75 Å². The van der Waals surface area contributed by atoms with E-state index in [2.05, 4.69) is 10.0 Å². The number of carbonyl (C=O) groups is 1. The van der Waals surface area contributed by atoms with E-state index in [1.54, 1.807) is 30.3 Å². The summed E-state index contributed by atoms with van der Waals surface area (Å²) in [5, 5.41) is 2.67. The quantitative estimate of drug-likeness (QED) is 0.698. The third-order valence-corrected chi connectivity index (χ3v) is 4.76. The van der Waals surface area contributed by atoms with Gasteiger partial charge in [-0.25, -0.2) is 8.42 Å². The lowest BCUT2D eigenvalue weighted by atomic mass is 10.2. The first-order chi connectivity index (χ1) is 12.0. The van der Waals surface area contributed by atoms with Gasteiger partial charge < -0.3 is 14.8 Å². The summed E-state index contributed by atoms with van der Waals surface area (Å²) in [7, 11) is -0.799. The number of sulfonamides is 1.